The van der Waals surface area contributed by atoms with E-state index < -0.39 is 0 Å². The summed E-state index contributed by atoms with van der Waals surface area (Å²) in [5.41, 5.74) is 2.07. The van der Waals surface area contributed by atoms with Crippen LogP contribution in [-0.4, -0.2) is 16.5 Å². The van der Waals surface area contributed by atoms with E-state index in [1.165, 1.54) is 0 Å². The Morgan fingerprint density at radius 2 is 1.88 bits per heavy atom. The third-order valence-corrected chi connectivity index (χ3v) is 3.75. The van der Waals surface area contributed by atoms with Gasteiger partial charge in [0.2, 0.25) is 5.91 Å². The van der Waals surface area contributed by atoms with Crippen molar-refractivity contribution in [1.29, 1.82) is 0 Å². The lowest BCUT2D eigenvalue weighted by Crippen LogP contribution is -2.32. The number of fused-ring (bicyclic) bond motifs is 1. The summed E-state index contributed by atoms with van der Waals surface area (Å²) in [6.45, 7) is 4.71. The van der Waals surface area contributed by atoms with Crippen molar-refractivity contribution >= 4 is 16.8 Å². The van der Waals surface area contributed by atoms with Gasteiger partial charge in [-0.1, -0.05) is 42.5 Å². The largest absolute Gasteiger partial charge is 0.487 e. The molecule has 24 heavy (non-hydrogen) atoms. The molecular weight excluding hydrogens is 300 g/mol. The van der Waals surface area contributed by atoms with Crippen molar-refractivity contribution in [1.82, 2.24) is 9.88 Å². The second-order valence-corrected chi connectivity index (χ2v) is 6.13. The molecule has 1 N–H and O–H groups in total. The van der Waals surface area contributed by atoms with E-state index >= 15 is 0 Å². The molecule has 4 nitrogen and oxygen atoms in total. The maximum absolute atomic E-state index is 12.1. The van der Waals surface area contributed by atoms with Gasteiger partial charge in [0.1, 0.15) is 18.9 Å². The normalized spacial score (nSPS) is 11.0. The van der Waals surface area contributed by atoms with Crippen molar-refractivity contribution in [3.05, 3.63) is 66.4 Å². The van der Waals surface area contributed by atoms with Crippen LogP contribution < -0.4 is 10.1 Å². The highest BCUT2D eigenvalue weighted by atomic mass is 16.5. The number of amides is 1. The van der Waals surface area contributed by atoms with Gasteiger partial charge in [-0.2, -0.15) is 0 Å². The first-order valence-electron chi connectivity index (χ1n) is 8.17. The van der Waals surface area contributed by atoms with Crippen LogP contribution in [0.3, 0.4) is 0 Å². The minimum atomic E-state index is 0.000336. The number of ether oxygens (including phenoxy) is 1. The van der Waals surface area contributed by atoms with Gasteiger partial charge in [0.15, 0.2) is 0 Å². The number of para-hydroxylation sites is 1. The highest BCUT2D eigenvalue weighted by Gasteiger charge is 2.11. The summed E-state index contributed by atoms with van der Waals surface area (Å²) in [6.07, 6.45) is 1.93. The number of hydrogen-bond acceptors (Lipinski definition) is 2. The Morgan fingerprint density at radius 3 is 2.62 bits per heavy atom. The Hall–Kier alpha value is -2.75. The Kier molecular flexibility index (Phi) is 4.85. The average Bonchev–Trinajstić information content (AvgIpc) is 2.97. The standard InChI is InChI=1S/C20H22N2O2/c1-15(2)21-19(23)13-22-12-11-17-9-6-10-18(20(17)22)24-14-16-7-4-3-5-8-16/h3-12,15H,13-14H2,1-2H3,(H,21,23). The molecule has 2 aromatic carbocycles. The maximum Gasteiger partial charge on any atom is 0.240 e. The zero-order valence-electron chi connectivity index (χ0n) is 14.0. The SMILES string of the molecule is CC(C)NC(=O)Cn1ccc2cccc(OCc3ccccc3)c21. The van der Waals surface area contributed by atoms with E-state index in [0.29, 0.717) is 6.61 Å². The lowest BCUT2D eigenvalue weighted by atomic mass is 10.2. The number of nitrogens with one attached hydrogen (secondary N) is 1. The molecule has 1 heterocycles. The van der Waals surface area contributed by atoms with Crippen LogP contribution in [0.1, 0.15) is 19.4 Å². The van der Waals surface area contributed by atoms with Gasteiger partial charge in [-0.15, -0.1) is 0 Å². The van der Waals surface area contributed by atoms with Crippen molar-refractivity contribution in [2.45, 2.75) is 33.0 Å². The first-order valence-corrected chi connectivity index (χ1v) is 8.17. The molecule has 1 amide bonds. The van der Waals surface area contributed by atoms with Crippen molar-refractivity contribution in [2.75, 3.05) is 0 Å². The average molecular weight is 322 g/mol. The molecule has 0 radical (unpaired) electrons. The van der Waals surface area contributed by atoms with Crippen LogP contribution in [0.2, 0.25) is 0 Å². The van der Waals surface area contributed by atoms with E-state index in [1.54, 1.807) is 0 Å². The van der Waals surface area contributed by atoms with Crippen molar-refractivity contribution < 1.29 is 9.53 Å². The first-order chi connectivity index (χ1) is 11.6. The fraction of sp³-hybridized carbons (Fsp3) is 0.250. The quantitative estimate of drug-likeness (QED) is 0.751. The molecule has 3 aromatic rings. The predicted octanol–water partition coefficient (Wildman–Crippen LogP) is 3.74. The van der Waals surface area contributed by atoms with E-state index in [4.69, 9.17) is 4.74 Å². The Labute approximate surface area is 142 Å². The van der Waals surface area contributed by atoms with E-state index in [-0.39, 0.29) is 18.5 Å². The second kappa shape index (κ2) is 7.21. The van der Waals surface area contributed by atoms with Gasteiger partial charge >= 0.3 is 0 Å². The Balaban J connectivity index is 1.82. The van der Waals surface area contributed by atoms with Gasteiger partial charge in [0, 0.05) is 17.6 Å². The van der Waals surface area contributed by atoms with Crippen LogP contribution in [-0.2, 0) is 17.9 Å². The molecule has 3 rings (SSSR count). The fourth-order valence-corrected chi connectivity index (χ4v) is 2.73. The van der Waals surface area contributed by atoms with Gasteiger partial charge in [-0.05, 0) is 31.5 Å². The summed E-state index contributed by atoms with van der Waals surface area (Å²) < 4.78 is 7.95. The fourth-order valence-electron chi connectivity index (χ4n) is 2.73. The first kappa shape index (κ1) is 16.1. The highest BCUT2D eigenvalue weighted by molar-refractivity contribution is 5.88. The number of nitrogens with zero attached hydrogens (tertiary/aromatic N) is 1. The monoisotopic (exact) mass is 322 g/mol. The molecule has 124 valence electrons. The summed E-state index contributed by atoms with van der Waals surface area (Å²) in [7, 11) is 0. The van der Waals surface area contributed by atoms with Gasteiger partial charge in [0.25, 0.3) is 0 Å². The van der Waals surface area contributed by atoms with Crippen LogP contribution >= 0.6 is 0 Å². The zero-order valence-corrected chi connectivity index (χ0v) is 14.0. The molecule has 0 fully saturated rings. The van der Waals surface area contributed by atoms with Crippen LogP contribution in [0.25, 0.3) is 10.9 Å². The highest BCUT2D eigenvalue weighted by Crippen LogP contribution is 2.27. The summed E-state index contributed by atoms with van der Waals surface area (Å²) in [6, 6.07) is 18.1. The van der Waals surface area contributed by atoms with E-state index in [9.17, 15) is 4.79 Å². The number of rotatable bonds is 6. The molecule has 0 unspecified atom stereocenters. The van der Waals surface area contributed by atoms with Gasteiger partial charge in [-0.25, -0.2) is 0 Å². The summed E-state index contributed by atoms with van der Waals surface area (Å²) in [5, 5.41) is 3.99. The van der Waals surface area contributed by atoms with E-state index in [1.807, 2.05) is 79.2 Å². The van der Waals surface area contributed by atoms with Gasteiger partial charge in [-0.3, -0.25) is 4.79 Å². The summed E-state index contributed by atoms with van der Waals surface area (Å²) in [4.78, 5) is 12.1. The summed E-state index contributed by atoms with van der Waals surface area (Å²) in [5.74, 6) is 0.791. The number of benzene rings is 2. The van der Waals surface area contributed by atoms with Crippen LogP contribution in [0.15, 0.2) is 60.8 Å². The third-order valence-electron chi connectivity index (χ3n) is 3.75. The number of carbonyl (C=O) groups excluding carboxylic acids is 1. The number of carbonyl (C=O) groups is 1. The predicted molar refractivity (Wildman–Crippen MR) is 96.0 cm³/mol. The zero-order chi connectivity index (χ0) is 16.9. The van der Waals surface area contributed by atoms with Gasteiger partial charge in [0.05, 0.1) is 5.52 Å². The Bertz CT molecular complexity index is 822. The van der Waals surface area contributed by atoms with Crippen LogP contribution in [0, 0.1) is 0 Å². The summed E-state index contributed by atoms with van der Waals surface area (Å²) >= 11 is 0. The smallest absolute Gasteiger partial charge is 0.240 e. The lowest BCUT2D eigenvalue weighted by molar-refractivity contribution is -0.122. The third kappa shape index (κ3) is 3.77. The van der Waals surface area contributed by atoms with E-state index in [2.05, 4.69) is 5.32 Å². The van der Waals surface area contributed by atoms with Crippen molar-refractivity contribution in [3.63, 3.8) is 0 Å². The molecule has 0 aliphatic heterocycles. The minimum Gasteiger partial charge on any atom is -0.487 e. The number of hydrogen-bond donors (Lipinski definition) is 1. The van der Waals surface area contributed by atoms with Crippen molar-refractivity contribution in [3.8, 4) is 5.75 Å². The molecule has 0 spiro atoms. The molecule has 0 saturated carbocycles. The molecule has 0 atom stereocenters. The maximum atomic E-state index is 12.1. The lowest BCUT2D eigenvalue weighted by Gasteiger charge is -2.13. The topological polar surface area (TPSA) is 43.3 Å². The van der Waals surface area contributed by atoms with Crippen molar-refractivity contribution in [2.24, 2.45) is 0 Å². The Morgan fingerprint density at radius 1 is 1.08 bits per heavy atom. The molecule has 0 bridgehead atoms. The molecular formula is C20H22N2O2. The molecule has 0 saturated heterocycles. The van der Waals surface area contributed by atoms with Gasteiger partial charge < -0.3 is 14.6 Å². The van der Waals surface area contributed by atoms with E-state index in [0.717, 1.165) is 22.2 Å². The molecule has 1 aromatic heterocycles. The number of aromatic nitrogens is 1. The minimum absolute atomic E-state index is 0.000336. The molecule has 0 aliphatic rings. The molecule has 4 heteroatoms. The second-order valence-electron chi connectivity index (χ2n) is 6.13. The molecule has 0 aliphatic carbocycles. The van der Waals surface area contributed by atoms with Crippen LogP contribution in [0.4, 0.5) is 0 Å². The van der Waals surface area contributed by atoms with Crippen LogP contribution in [0.5, 0.6) is 5.75 Å².